The van der Waals surface area contributed by atoms with E-state index in [0.29, 0.717) is 11.4 Å². The highest BCUT2D eigenvalue weighted by Crippen LogP contribution is 2.26. The predicted molar refractivity (Wildman–Crippen MR) is 116 cm³/mol. The highest BCUT2D eigenvalue weighted by Gasteiger charge is 2.20. The number of carbonyl (C=O) groups excluding carboxylic acids is 1. The summed E-state index contributed by atoms with van der Waals surface area (Å²) in [5, 5.41) is 3.00. The molecule has 0 atom stereocenters. The molecule has 0 unspecified atom stereocenters. The summed E-state index contributed by atoms with van der Waals surface area (Å²) >= 11 is 11.8. The summed E-state index contributed by atoms with van der Waals surface area (Å²) < 4.78 is 41.8. The first-order valence-corrected chi connectivity index (χ1v) is 11.1. The van der Waals surface area contributed by atoms with Crippen LogP contribution in [0.2, 0.25) is 10.0 Å². The van der Waals surface area contributed by atoms with E-state index in [1.54, 1.807) is 0 Å². The van der Waals surface area contributed by atoms with Gasteiger partial charge in [-0.1, -0.05) is 53.5 Å². The first kappa shape index (κ1) is 22.2. The molecule has 156 valence electrons. The highest BCUT2D eigenvalue weighted by atomic mass is 35.5. The van der Waals surface area contributed by atoms with E-state index in [4.69, 9.17) is 23.2 Å². The first-order chi connectivity index (χ1) is 14.3. The van der Waals surface area contributed by atoms with Crippen LogP contribution in [0.5, 0.6) is 0 Å². The van der Waals surface area contributed by atoms with Crippen LogP contribution >= 0.6 is 23.2 Å². The molecule has 5 nitrogen and oxygen atoms in total. The van der Waals surface area contributed by atoms with Gasteiger partial charge < -0.3 is 5.32 Å². The van der Waals surface area contributed by atoms with E-state index < -0.39 is 27.3 Å². The SMILES string of the molecule is O=C(Nc1ccc(Cl)cc1Cl)c1cc(S(=O)(=O)NCCc2ccccc2)ccc1F. The van der Waals surface area contributed by atoms with E-state index >= 15 is 0 Å². The molecule has 0 saturated carbocycles. The van der Waals surface area contributed by atoms with Gasteiger partial charge in [0, 0.05) is 11.6 Å². The van der Waals surface area contributed by atoms with Gasteiger partial charge in [-0.15, -0.1) is 0 Å². The second-order valence-corrected chi connectivity index (χ2v) is 8.96. The standard InChI is InChI=1S/C21H17Cl2FN2O3S/c22-15-6-9-20(18(23)12-15)26-21(27)17-13-16(7-8-19(17)24)30(28,29)25-11-10-14-4-2-1-3-5-14/h1-9,12-13,25H,10-11H2,(H,26,27). The Morgan fingerprint density at radius 1 is 0.967 bits per heavy atom. The monoisotopic (exact) mass is 466 g/mol. The first-order valence-electron chi connectivity index (χ1n) is 8.86. The number of amides is 1. The smallest absolute Gasteiger partial charge is 0.258 e. The lowest BCUT2D eigenvalue weighted by Gasteiger charge is -2.11. The molecule has 0 radical (unpaired) electrons. The molecule has 2 N–H and O–H groups in total. The Balaban J connectivity index is 1.75. The minimum absolute atomic E-state index is 0.158. The molecule has 0 fully saturated rings. The second-order valence-electron chi connectivity index (χ2n) is 6.35. The molecule has 3 aromatic rings. The van der Waals surface area contributed by atoms with Crippen molar-refractivity contribution in [1.29, 1.82) is 0 Å². The Labute approximate surface area is 183 Å². The van der Waals surface area contributed by atoms with Crippen molar-refractivity contribution in [3.63, 3.8) is 0 Å². The summed E-state index contributed by atoms with van der Waals surface area (Å²) in [7, 11) is -3.93. The number of hydrogen-bond acceptors (Lipinski definition) is 3. The van der Waals surface area contributed by atoms with Crippen molar-refractivity contribution in [2.24, 2.45) is 0 Å². The predicted octanol–water partition coefficient (Wildman–Crippen LogP) is 4.91. The fourth-order valence-electron chi connectivity index (χ4n) is 2.68. The molecule has 0 heterocycles. The number of nitrogens with one attached hydrogen (secondary N) is 2. The largest absolute Gasteiger partial charge is 0.321 e. The van der Waals surface area contributed by atoms with E-state index in [9.17, 15) is 17.6 Å². The lowest BCUT2D eigenvalue weighted by molar-refractivity contribution is 0.102. The zero-order chi connectivity index (χ0) is 21.7. The van der Waals surface area contributed by atoms with E-state index in [1.807, 2.05) is 30.3 Å². The molecule has 0 aliphatic heterocycles. The molecular weight excluding hydrogens is 450 g/mol. The van der Waals surface area contributed by atoms with E-state index in [-0.39, 0.29) is 22.2 Å². The Morgan fingerprint density at radius 2 is 1.70 bits per heavy atom. The topological polar surface area (TPSA) is 75.3 Å². The van der Waals surface area contributed by atoms with Crippen LogP contribution in [0.1, 0.15) is 15.9 Å². The van der Waals surface area contributed by atoms with Gasteiger partial charge in [0.15, 0.2) is 0 Å². The summed E-state index contributed by atoms with van der Waals surface area (Å²) in [6, 6.07) is 16.8. The van der Waals surface area contributed by atoms with Gasteiger partial charge in [0.05, 0.1) is 21.2 Å². The molecule has 0 aliphatic rings. The summed E-state index contributed by atoms with van der Waals surface area (Å²) in [6.07, 6.45) is 0.490. The van der Waals surface area contributed by atoms with E-state index in [0.717, 1.165) is 23.8 Å². The van der Waals surface area contributed by atoms with Gasteiger partial charge in [-0.25, -0.2) is 17.5 Å². The van der Waals surface area contributed by atoms with Gasteiger partial charge in [0.25, 0.3) is 5.91 Å². The summed E-state index contributed by atoms with van der Waals surface area (Å²) in [4.78, 5) is 12.3. The molecule has 0 spiro atoms. The van der Waals surface area contributed by atoms with Crippen LogP contribution in [0.15, 0.2) is 71.6 Å². The fraction of sp³-hybridized carbons (Fsp3) is 0.0952. The third-order valence-corrected chi connectivity index (χ3v) is 6.23. The second kappa shape index (κ2) is 9.57. The van der Waals surface area contributed by atoms with Crippen LogP contribution in [-0.2, 0) is 16.4 Å². The Kier molecular flexibility index (Phi) is 7.10. The van der Waals surface area contributed by atoms with Crippen molar-refractivity contribution in [3.8, 4) is 0 Å². The van der Waals surface area contributed by atoms with Crippen LogP contribution in [0.3, 0.4) is 0 Å². The van der Waals surface area contributed by atoms with Crippen LogP contribution in [-0.4, -0.2) is 20.9 Å². The Morgan fingerprint density at radius 3 is 2.40 bits per heavy atom. The molecule has 3 rings (SSSR count). The molecule has 0 aliphatic carbocycles. The minimum atomic E-state index is -3.93. The van der Waals surface area contributed by atoms with Crippen molar-refractivity contribution >= 4 is 44.8 Å². The van der Waals surface area contributed by atoms with Gasteiger partial charge in [-0.3, -0.25) is 4.79 Å². The maximum absolute atomic E-state index is 14.2. The lowest BCUT2D eigenvalue weighted by Crippen LogP contribution is -2.26. The average molecular weight is 467 g/mol. The van der Waals surface area contributed by atoms with Crippen molar-refractivity contribution in [2.45, 2.75) is 11.3 Å². The zero-order valence-corrected chi connectivity index (χ0v) is 17.9. The number of rotatable bonds is 7. The number of benzene rings is 3. The molecule has 0 aromatic heterocycles. The average Bonchev–Trinajstić information content (AvgIpc) is 2.71. The van der Waals surface area contributed by atoms with Gasteiger partial charge >= 0.3 is 0 Å². The summed E-state index contributed by atoms with van der Waals surface area (Å²) in [5.74, 6) is -1.70. The number of hydrogen-bond donors (Lipinski definition) is 2. The lowest BCUT2D eigenvalue weighted by atomic mass is 10.2. The maximum Gasteiger partial charge on any atom is 0.258 e. The number of carbonyl (C=O) groups is 1. The van der Waals surface area contributed by atoms with Crippen molar-refractivity contribution in [3.05, 3.63) is 93.7 Å². The highest BCUT2D eigenvalue weighted by molar-refractivity contribution is 7.89. The van der Waals surface area contributed by atoms with Gasteiger partial charge in [0.1, 0.15) is 5.82 Å². The van der Waals surface area contributed by atoms with Crippen molar-refractivity contribution < 1.29 is 17.6 Å². The molecule has 9 heteroatoms. The molecule has 30 heavy (non-hydrogen) atoms. The number of anilines is 1. The molecule has 0 bridgehead atoms. The Bertz CT molecular complexity index is 1170. The van der Waals surface area contributed by atoms with Gasteiger partial charge in [-0.05, 0) is 48.4 Å². The third kappa shape index (κ3) is 5.58. The van der Waals surface area contributed by atoms with Gasteiger partial charge in [0.2, 0.25) is 10.0 Å². The van der Waals surface area contributed by atoms with E-state index in [2.05, 4.69) is 10.0 Å². The van der Waals surface area contributed by atoms with Crippen LogP contribution in [0.25, 0.3) is 0 Å². The zero-order valence-electron chi connectivity index (χ0n) is 15.5. The van der Waals surface area contributed by atoms with E-state index in [1.165, 1.54) is 18.2 Å². The minimum Gasteiger partial charge on any atom is -0.321 e. The number of sulfonamides is 1. The fourth-order valence-corrected chi connectivity index (χ4v) is 4.20. The van der Waals surface area contributed by atoms with Crippen molar-refractivity contribution in [2.75, 3.05) is 11.9 Å². The van der Waals surface area contributed by atoms with Crippen LogP contribution < -0.4 is 10.0 Å². The summed E-state index contributed by atoms with van der Waals surface area (Å²) in [5.41, 5.74) is 0.769. The van der Waals surface area contributed by atoms with Crippen molar-refractivity contribution in [1.82, 2.24) is 4.72 Å². The third-order valence-electron chi connectivity index (χ3n) is 4.22. The van der Waals surface area contributed by atoms with Gasteiger partial charge in [-0.2, -0.15) is 0 Å². The molecule has 1 amide bonds. The quantitative estimate of drug-likeness (QED) is 0.519. The Hall–Kier alpha value is -2.45. The van der Waals surface area contributed by atoms with Crippen LogP contribution in [0.4, 0.5) is 10.1 Å². The molecule has 3 aromatic carbocycles. The van der Waals surface area contributed by atoms with Crippen LogP contribution in [0, 0.1) is 5.82 Å². The molecule has 0 saturated heterocycles. The normalized spacial score (nSPS) is 11.3. The molecular formula is C21H17Cl2FN2O3S. The maximum atomic E-state index is 14.2. The summed E-state index contributed by atoms with van der Waals surface area (Å²) in [6.45, 7) is 0.158. The number of halogens is 3.